The van der Waals surface area contributed by atoms with Crippen molar-refractivity contribution < 1.29 is 9.90 Å². The minimum absolute atomic E-state index is 0.0108. The molecular weight excluding hydrogens is 236 g/mol. The zero-order valence-corrected chi connectivity index (χ0v) is 11.2. The van der Waals surface area contributed by atoms with Gasteiger partial charge in [-0.2, -0.15) is 4.99 Å². The Labute approximate surface area is 106 Å². The molecule has 0 spiro atoms. The van der Waals surface area contributed by atoms with E-state index in [1.807, 2.05) is 13.8 Å². The highest BCUT2D eigenvalue weighted by atomic mass is 32.2. The summed E-state index contributed by atoms with van der Waals surface area (Å²) in [4.78, 5) is 15.7. The molecule has 0 radical (unpaired) electrons. The van der Waals surface area contributed by atoms with Crippen molar-refractivity contribution in [3.63, 3.8) is 0 Å². The summed E-state index contributed by atoms with van der Waals surface area (Å²) in [6, 6.07) is 0.364. The van der Waals surface area contributed by atoms with Crippen molar-refractivity contribution in [1.82, 2.24) is 5.32 Å². The molecule has 1 amide bonds. The van der Waals surface area contributed by atoms with E-state index in [-0.39, 0.29) is 17.3 Å². The lowest BCUT2D eigenvalue weighted by molar-refractivity contribution is -0.117. The minimum Gasteiger partial charge on any atom is -0.393 e. The Balaban J connectivity index is 1.85. The van der Waals surface area contributed by atoms with Crippen LogP contribution in [-0.2, 0) is 4.79 Å². The lowest BCUT2D eigenvalue weighted by atomic mass is 9.93. The smallest absolute Gasteiger partial charge is 0.261 e. The van der Waals surface area contributed by atoms with Gasteiger partial charge >= 0.3 is 0 Å². The number of hydrogen-bond acceptors (Lipinski definition) is 4. The van der Waals surface area contributed by atoms with Crippen LogP contribution in [0.3, 0.4) is 0 Å². The maximum Gasteiger partial charge on any atom is 0.261 e. The van der Waals surface area contributed by atoms with E-state index < -0.39 is 0 Å². The van der Waals surface area contributed by atoms with Gasteiger partial charge < -0.3 is 10.4 Å². The zero-order valence-electron chi connectivity index (χ0n) is 10.3. The van der Waals surface area contributed by atoms with Gasteiger partial charge in [-0.25, -0.2) is 0 Å². The van der Waals surface area contributed by atoms with E-state index in [4.69, 9.17) is 0 Å². The van der Waals surface area contributed by atoms with Gasteiger partial charge in [-0.3, -0.25) is 4.79 Å². The normalized spacial score (nSPS) is 34.0. The molecule has 1 aliphatic heterocycles. The Morgan fingerprint density at radius 3 is 2.53 bits per heavy atom. The highest BCUT2D eigenvalue weighted by Gasteiger charge is 2.32. The summed E-state index contributed by atoms with van der Waals surface area (Å²) in [5.41, 5.74) is 0. The Kier molecular flexibility index (Phi) is 4.09. The third-order valence-corrected chi connectivity index (χ3v) is 4.76. The second-order valence-electron chi connectivity index (χ2n) is 5.19. The first kappa shape index (κ1) is 12.9. The van der Waals surface area contributed by atoms with Crippen LogP contribution in [0.4, 0.5) is 0 Å². The first-order valence-corrected chi connectivity index (χ1v) is 7.18. The van der Waals surface area contributed by atoms with Crippen molar-refractivity contribution >= 4 is 22.8 Å². The van der Waals surface area contributed by atoms with Gasteiger partial charge in [-0.15, -0.1) is 0 Å². The Morgan fingerprint density at radius 1 is 1.35 bits per heavy atom. The number of carbonyl (C=O) groups is 1. The molecule has 0 bridgehead atoms. The molecule has 1 fully saturated rings. The molecule has 1 unspecified atom stereocenters. The SMILES string of the molecule is CC(C)C1SC(N[C@H]2CC[C@H](O)CC2)=NC1=O. The third-order valence-electron chi connectivity index (χ3n) is 3.32. The number of aliphatic imine (C=N–C) groups is 1. The Hall–Kier alpha value is -0.550. The standard InChI is InChI=1S/C12H20N2O2S/c1-7(2)10-11(16)14-12(17-10)13-8-3-5-9(15)6-4-8/h7-10,15H,3-6H2,1-2H3,(H,13,14,16)/t8-,9-,10?. The Morgan fingerprint density at radius 2 is 2.00 bits per heavy atom. The van der Waals surface area contributed by atoms with Crippen LogP contribution >= 0.6 is 11.8 Å². The molecule has 4 nitrogen and oxygen atoms in total. The number of nitrogens with zero attached hydrogens (tertiary/aromatic N) is 1. The number of hydrogen-bond donors (Lipinski definition) is 2. The number of aliphatic hydroxyl groups excluding tert-OH is 1. The summed E-state index contributed by atoms with van der Waals surface area (Å²) in [6.07, 6.45) is 3.47. The first-order valence-electron chi connectivity index (χ1n) is 6.30. The van der Waals surface area contributed by atoms with Crippen LogP contribution in [0, 0.1) is 5.92 Å². The predicted molar refractivity (Wildman–Crippen MR) is 70.1 cm³/mol. The van der Waals surface area contributed by atoms with Gasteiger partial charge in [-0.05, 0) is 31.6 Å². The van der Waals surface area contributed by atoms with Crippen molar-refractivity contribution in [3.8, 4) is 0 Å². The van der Waals surface area contributed by atoms with E-state index in [1.165, 1.54) is 0 Å². The van der Waals surface area contributed by atoms with Crippen LogP contribution < -0.4 is 5.32 Å². The minimum atomic E-state index is -0.142. The summed E-state index contributed by atoms with van der Waals surface area (Å²) in [7, 11) is 0. The highest BCUT2D eigenvalue weighted by molar-refractivity contribution is 8.15. The molecular formula is C12H20N2O2S. The van der Waals surface area contributed by atoms with Gasteiger partial charge in [0.05, 0.1) is 11.4 Å². The number of amidine groups is 1. The average Bonchev–Trinajstić information content (AvgIpc) is 2.63. The molecule has 1 aliphatic carbocycles. The molecule has 1 heterocycles. The second-order valence-corrected chi connectivity index (χ2v) is 6.32. The molecule has 5 heteroatoms. The lowest BCUT2D eigenvalue weighted by Gasteiger charge is -2.26. The molecule has 1 saturated carbocycles. The quantitative estimate of drug-likeness (QED) is 0.786. The van der Waals surface area contributed by atoms with E-state index in [2.05, 4.69) is 10.3 Å². The van der Waals surface area contributed by atoms with E-state index in [0.29, 0.717) is 12.0 Å². The van der Waals surface area contributed by atoms with E-state index in [1.54, 1.807) is 11.8 Å². The van der Waals surface area contributed by atoms with Crippen LogP contribution in [0.25, 0.3) is 0 Å². The molecule has 96 valence electrons. The van der Waals surface area contributed by atoms with Gasteiger partial charge in [0.1, 0.15) is 0 Å². The third kappa shape index (κ3) is 3.22. The average molecular weight is 256 g/mol. The predicted octanol–water partition coefficient (Wildman–Crippen LogP) is 1.53. The van der Waals surface area contributed by atoms with Crippen molar-refractivity contribution in [3.05, 3.63) is 0 Å². The van der Waals surface area contributed by atoms with Crippen LogP contribution in [0.1, 0.15) is 39.5 Å². The number of nitrogens with one attached hydrogen (secondary N) is 1. The summed E-state index contributed by atoms with van der Waals surface area (Å²) in [5, 5.41) is 13.5. The van der Waals surface area contributed by atoms with Crippen molar-refractivity contribution in [2.24, 2.45) is 10.9 Å². The fourth-order valence-electron chi connectivity index (χ4n) is 2.24. The highest BCUT2D eigenvalue weighted by Crippen LogP contribution is 2.28. The molecule has 17 heavy (non-hydrogen) atoms. The number of thioether (sulfide) groups is 1. The van der Waals surface area contributed by atoms with Crippen molar-refractivity contribution in [1.29, 1.82) is 0 Å². The fraction of sp³-hybridized carbons (Fsp3) is 0.833. The summed E-state index contributed by atoms with van der Waals surface area (Å²) in [6.45, 7) is 4.09. The van der Waals surface area contributed by atoms with Gasteiger partial charge in [0.15, 0.2) is 5.17 Å². The molecule has 0 aromatic heterocycles. The van der Waals surface area contributed by atoms with E-state index in [0.717, 1.165) is 30.9 Å². The fourth-order valence-corrected chi connectivity index (χ4v) is 3.29. The summed E-state index contributed by atoms with van der Waals surface area (Å²) < 4.78 is 0. The van der Waals surface area contributed by atoms with Crippen LogP contribution in [0.5, 0.6) is 0 Å². The van der Waals surface area contributed by atoms with Gasteiger partial charge in [0.25, 0.3) is 5.91 Å². The molecule has 0 aromatic rings. The van der Waals surface area contributed by atoms with Gasteiger partial charge in [0, 0.05) is 6.04 Å². The topological polar surface area (TPSA) is 61.7 Å². The van der Waals surface area contributed by atoms with Crippen LogP contribution in [-0.4, -0.2) is 33.6 Å². The summed E-state index contributed by atoms with van der Waals surface area (Å²) in [5.74, 6) is 0.312. The maximum absolute atomic E-state index is 11.6. The second kappa shape index (κ2) is 5.40. The lowest BCUT2D eigenvalue weighted by Crippen LogP contribution is -2.37. The number of amides is 1. The molecule has 2 rings (SSSR count). The molecule has 0 aromatic carbocycles. The van der Waals surface area contributed by atoms with Gasteiger partial charge in [0.2, 0.25) is 0 Å². The maximum atomic E-state index is 11.6. The molecule has 2 N–H and O–H groups in total. The monoisotopic (exact) mass is 256 g/mol. The first-order chi connectivity index (χ1) is 8.06. The van der Waals surface area contributed by atoms with Crippen molar-refractivity contribution in [2.45, 2.75) is 56.9 Å². The van der Waals surface area contributed by atoms with Crippen LogP contribution in [0.15, 0.2) is 4.99 Å². The van der Waals surface area contributed by atoms with E-state index in [9.17, 15) is 9.90 Å². The van der Waals surface area contributed by atoms with Crippen molar-refractivity contribution in [2.75, 3.05) is 0 Å². The molecule has 2 aliphatic rings. The molecule has 0 saturated heterocycles. The Bertz CT molecular complexity index is 322. The summed E-state index contributed by atoms with van der Waals surface area (Å²) >= 11 is 1.55. The number of aliphatic hydroxyl groups is 1. The zero-order chi connectivity index (χ0) is 12.4. The van der Waals surface area contributed by atoms with Gasteiger partial charge in [-0.1, -0.05) is 25.6 Å². The number of carbonyl (C=O) groups excluding carboxylic acids is 1. The molecule has 1 atom stereocenters. The largest absolute Gasteiger partial charge is 0.393 e. The van der Waals surface area contributed by atoms with E-state index >= 15 is 0 Å². The van der Waals surface area contributed by atoms with Crippen LogP contribution in [0.2, 0.25) is 0 Å². The number of rotatable bonds is 2.